The summed E-state index contributed by atoms with van der Waals surface area (Å²) in [5.41, 5.74) is 5.02. The number of phenols is 1. The first-order valence-corrected chi connectivity index (χ1v) is 16.3. The molecule has 0 unspecified atom stereocenters. The Hall–Kier alpha value is -5.35. The fourth-order valence-electron chi connectivity index (χ4n) is 7.51. The first kappa shape index (κ1) is 32.2. The van der Waals surface area contributed by atoms with E-state index < -0.39 is 23.7 Å². The van der Waals surface area contributed by atoms with E-state index in [0.717, 1.165) is 11.3 Å². The van der Waals surface area contributed by atoms with Gasteiger partial charge in [-0.25, -0.2) is 0 Å². The van der Waals surface area contributed by atoms with E-state index in [-0.39, 0.29) is 52.7 Å². The van der Waals surface area contributed by atoms with Crippen LogP contribution in [0.2, 0.25) is 5.02 Å². The van der Waals surface area contributed by atoms with Crippen LogP contribution >= 0.6 is 11.6 Å². The Balaban J connectivity index is 1.21. The molecule has 0 spiro atoms. The molecule has 1 aliphatic heterocycles. The highest BCUT2D eigenvalue weighted by Gasteiger charge is 2.56. The Morgan fingerprint density at radius 2 is 1.57 bits per heavy atom. The lowest BCUT2D eigenvalue weighted by atomic mass is 9.59. The normalized spacial score (nSPS) is 23.3. The van der Waals surface area contributed by atoms with Crippen molar-refractivity contribution in [3.05, 3.63) is 106 Å². The van der Waals surface area contributed by atoms with E-state index in [0.29, 0.717) is 39.3 Å². The highest BCUT2D eigenvalue weighted by atomic mass is 35.5. The van der Waals surface area contributed by atoms with Crippen molar-refractivity contribution in [3.63, 3.8) is 0 Å². The highest BCUT2D eigenvalue weighted by Crippen LogP contribution is 2.56. The quantitative estimate of drug-likeness (QED) is 0.127. The van der Waals surface area contributed by atoms with Gasteiger partial charge in [-0.2, -0.15) is 10.2 Å². The monoisotopic (exact) mass is 676 g/mol. The van der Waals surface area contributed by atoms with Gasteiger partial charge in [-0.05, 0) is 98.0 Å². The molecule has 0 radical (unpaired) electrons. The van der Waals surface area contributed by atoms with Crippen molar-refractivity contribution in [3.8, 4) is 11.5 Å². The van der Waals surface area contributed by atoms with Gasteiger partial charge in [0.15, 0.2) is 23.1 Å². The van der Waals surface area contributed by atoms with Crippen LogP contribution in [0.3, 0.4) is 0 Å². The first-order chi connectivity index (χ1) is 23.5. The van der Waals surface area contributed by atoms with Gasteiger partial charge >= 0.3 is 0 Å². The van der Waals surface area contributed by atoms with E-state index in [1.165, 1.54) is 18.1 Å². The fraction of sp³-hybridized carbons (Fsp3) is 0.263. The van der Waals surface area contributed by atoms with Crippen molar-refractivity contribution in [2.45, 2.75) is 25.7 Å². The topological polar surface area (TPSA) is 129 Å². The lowest BCUT2D eigenvalue weighted by Crippen LogP contribution is -2.39. The number of phenolic OH excluding ortho intramolecular Hbond substituents is 1. The number of hydrogen-bond acceptors (Lipinski definition) is 9. The largest absolute Gasteiger partial charge is 0.503 e. The summed E-state index contributed by atoms with van der Waals surface area (Å²) in [6.07, 6.45) is 3.71. The summed E-state index contributed by atoms with van der Waals surface area (Å²) in [5, 5.41) is 19.1. The molecule has 0 saturated carbocycles. The number of ether oxygens (including phenoxy) is 1. The molecule has 1 saturated heterocycles. The third kappa shape index (κ3) is 5.36. The molecule has 3 aliphatic carbocycles. The van der Waals surface area contributed by atoms with E-state index in [1.807, 2.05) is 49.3 Å². The number of amides is 2. The van der Waals surface area contributed by atoms with Crippen LogP contribution in [0.25, 0.3) is 0 Å². The third-order valence-corrected chi connectivity index (χ3v) is 10.2. The van der Waals surface area contributed by atoms with Crippen LogP contribution in [-0.4, -0.2) is 49.7 Å². The summed E-state index contributed by atoms with van der Waals surface area (Å²) in [6, 6.07) is 17.6. The average Bonchev–Trinajstić information content (AvgIpc) is 3.36. The first-order valence-electron chi connectivity index (χ1n) is 15.9. The molecular formula is C38H33ClN4O6. The maximum Gasteiger partial charge on any atom is 0.238 e. The summed E-state index contributed by atoms with van der Waals surface area (Å²) in [6.45, 7) is 1.61. The van der Waals surface area contributed by atoms with Crippen LogP contribution in [0.5, 0.6) is 11.5 Å². The second-order valence-corrected chi connectivity index (χ2v) is 13.3. The smallest absolute Gasteiger partial charge is 0.238 e. The van der Waals surface area contributed by atoms with Gasteiger partial charge in [-0.3, -0.25) is 24.1 Å². The van der Waals surface area contributed by atoms with Crippen molar-refractivity contribution in [2.75, 3.05) is 31.0 Å². The number of carbonyl (C=O) groups excluding carboxylic acids is 4. The van der Waals surface area contributed by atoms with Crippen LogP contribution in [0.1, 0.15) is 31.2 Å². The molecule has 49 heavy (non-hydrogen) atoms. The minimum absolute atomic E-state index is 0.0262. The van der Waals surface area contributed by atoms with Gasteiger partial charge in [0.25, 0.3) is 0 Å². The number of Topliss-reactive ketones (excluding diaryl/α,β-unsaturated/α-hetero) is 1. The van der Waals surface area contributed by atoms with Gasteiger partial charge in [-0.1, -0.05) is 23.3 Å². The number of allylic oxidation sites excluding steroid dienone is 6. The molecule has 4 aliphatic rings. The SMILES string of the molecule is COc1cc([C@H]2C3=CC[C@@H]4C(=O)N(c5ccc(N=Nc6ccc(N(C)C)cc6)cc5)C(=O)[C@@H]4[C@@H]3CC3=C2C(=O)C(C)=CC3=O)cc(Cl)c1O. The average molecular weight is 677 g/mol. The zero-order valence-corrected chi connectivity index (χ0v) is 28.1. The molecule has 3 aromatic rings. The van der Waals surface area contributed by atoms with E-state index >= 15 is 0 Å². The summed E-state index contributed by atoms with van der Waals surface area (Å²) in [7, 11) is 5.32. The van der Waals surface area contributed by atoms with Crippen molar-refractivity contribution in [2.24, 2.45) is 28.0 Å². The summed E-state index contributed by atoms with van der Waals surface area (Å²) >= 11 is 6.41. The zero-order chi connectivity index (χ0) is 34.7. The second-order valence-electron chi connectivity index (χ2n) is 12.9. The standard InChI is InChI=1S/C38H33ClN4O6/c1-19-15-30(44)28-18-27-25(32(34(28)35(19)45)20-16-29(39)36(46)31(17-20)49-4)13-14-26-33(27)38(48)43(37(26)47)24-11-7-22(8-12-24)41-40-21-5-9-23(10-6-21)42(2)3/h5-13,15-17,26-27,32-33,46H,14,18H2,1-4H3/t26-,27+,32-,33-/m0/s1. The Morgan fingerprint density at radius 1 is 0.918 bits per heavy atom. The summed E-state index contributed by atoms with van der Waals surface area (Å²) < 4.78 is 5.37. The van der Waals surface area contributed by atoms with Gasteiger partial charge in [0.05, 0.1) is 41.0 Å². The number of carbonyl (C=O) groups is 4. The van der Waals surface area contributed by atoms with Crippen molar-refractivity contribution >= 4 is 57.7 Å². The second kappa shape index (κ2) is 12.3. The Bertz CT molecular complexity index is 2060. The van der Waals surface area contributed by atoms with E-state index in [4.69, 9.17) is 16.3 Å². The number of azo groups is 1. The van der Waals surface area contributed by atoms with E-state index in [2.05, 4.69) is 10.2 Å². The van der Waals surface area contributed by atoms with E-state index in [1.54, 1.807) is 43.3 Å². The van der Waals surface area contributed by atoms with E-state index in [9.17, 15) is 24.3 Å². The summed E-state index contributed by atoms with van der Waals surface area (Å²) in [5.74, 6) is -3.94. The maximum absolute atomic E-state index is 14.3. The number of fused-ring (bicyclic) bond motifs is 3. The Morgan fingerprint density at radius 3 is 2.20 bits per heavy atom. The minimum Gasteiger partial charge on any atom is -0.503 e. The molecule has 248 valence electrons. The number of rotatable bonds is 6. The minimum atomic E-state index is -0.738. The molecule has 11 heteroatoms. The van der Waals surface area contributed by atoms with Gasteiger partial charge in [0.2, 0.25) is 11.8 Å². The number of halogens is 1. The van der Waals surface area contributed by atoms with Crippen LogP contribution in [0.4, 0.5) is 22.7 Å². The number of aromatic hydroxyl groups is 1. The predicted octanol–water partition coefficient (Wildman–Crippen LogP) is 7.17. The molecule has 1 heterocycles. The molecule has 1 fully saturated rings. The van der Waals surface area contributed by atoms with Crippen LogP contribution in [0, 0.1) is 17.8 Å². The van der Waals surface area contributed by atoms with Crippen molar-refractivity contribution in [1.82, 2.24) is 0 Å². The molecule has 1 N–H and O–H groups in total. The van der Waals surface area contributed by atoms with Crippen molar-refractivity contribution < 1.29 is 29.0 Å². The Labute approximate surface area is 288 Å². The molecular weight excluding hydrogens is 644 g/mol. The lowest BCUT2D eigenvalue weighted by molar-refractivity contribution is -0.123. The number of methoxy groups -OCH3 is 1. The maximum atomic E-state index is 14.3. The number of benzene rings is 3. The molecule has 10 nitrogen and oxygen atoms in total. The number of anilines is 2. The third-order valence-electron chi connectivity index (χ3n) is 9.92. The molecule has 2 amide bonds. The molecule has 0 aromatic heterocycles. The predicted molar refractivity (Wildman–Crippen MR) is 185 cm³/mol. The highest BCUT2D eigenvalue weighted by molar-refractivity contribution is 6.32. The van der Waals surface area contributed by atoms with Crippen LogP contribution in [0.15, 0.2) is 105 Å². The number of ketones is 2. The number of imide groups is 1. The molecule has 3 aromatic carbocycles. The number of nitrogens with zero attached hydrogens (tertiary/aromatic N) is 4. The van der Waals surface area contributed by atoms with Crippen molar-refractivity contribution in [1.29, 1.82) is 0 Å². The number of hydrogen-bond donors (Lipinski definition) is 1. The van der Waals surface area contributed by atoms with Crippen LogP contribution in [-0.2, 0) is 19.2 Å². The van der Waals surface area contributed by atoms with Gasteiger partial charge in [0, 0.05) is 42.4 Å². The van der Waals surface area contributed by atoms with Gasteiger partial charge in [0.1, 0.15) is 0 Å². The molecule has 4 atom stereocenters. The van der Waals surface area contributed by atoms with Gasteiger partial charge < -0.3 is 14.7 Å². The Kier molecular flexibility index (Phi) is 8.07. The van der Waals surface area contributed by atoms with Crippen LogP contribution < -0.4 is 14.5 Å². The molecule has 0 bridgehead atoms. The zero-order valence-electron chi connectivity index (χ0n) is 27.3. The van der Waals surface area contributed by atoms with Gasteiger partial charge in [-0.15, -0.1) is 0 Å². The fourth-order valence-corrected chi connectivity index (χ4v) is 7.73. The summed E-state index contributed by atoms with van der Waals surface area (Å²) in [4.78, 5) is 58.5. The molecule has 7 rings (SSSR count). The lowest BCUT2D eigenvalue weighted by Gasteiger charge is -2.42.